The van der Waals surface area contributed by atoms with Crippen LogP contribution in [-0.4, -0.2) is 47.2 Å². The fraction of sp³-hybridized carbons (Fsp3) is 0.286. The minimum atomic E-state index is -1.09. The molecule has 0 bridgehead atoms. The second kappa shape index (κ2) is 11.2. The average molecular weight is 528 g/mol. The molecule has 188 valence electrons. The van der Waals surface area contributed by atoms with Gasteiger partial charge in [0.05, 0.1) is 6.54 Å². The lowest BCUT2D eigenvalue weighted by Gasteiger charge is -2.36. The Balaban J connectivity index is 1.43. The number of hydrogen-bond donors (Lipinski definition) is 1. The fourth-order valence-corrected chi connectivity index (χ4v) is 4.62. The number of carboxylic acid groups (broad SMARTS) is 1. The third kappa shape index (κ3) is 6.50. The van der Waals surface area contributed by atoms with Crippen LogP contribution in [0.15, 0.2) is 66.7 Å². The number of benzene rings is 3. The Morgan fingerprint density at radius 3 is 2.56 bits per heavy atom. The first kappa shape index (κ1) is 25.9. The van der Waals surface area contributed by atoms with Gasteiger partial charge in [-0.25, -0.2) is 0 Å². The highest BCUT2D eigenvalue weighted by Gasteiger charge is 2.33. The first-order valence-corrected chi connectivity index (χ1v) is 12.4. The van der Waals surface area contributed by atoms with Crippen LogP contribution in [0.3, 0.4) is 0 Å². The van der Waals surface area contributed by atoms with Crippen molar-refractivity contribution in [2.75, 3.05) is 19.7 Å². The molecule has 1 aliphatic rings. The number of halogens is 2. The van der Waals surface area contributed by atoms with Gasteiger partial charge in [-0.05, 0) is 79.4 Å². The molecule has 0 fully saturated rings. The number of carbonyl (C=O) groups excluding carboxylic acids is 1. The molecule has 0 aliphatic carbocycles. The number of fused-ring (bicyclic) bond motifs is 1. The number of carbonyl (C=O) groups is 2. The highest BCUT2D eigenvalue weighted by Crippen LogP contribution is 2.37. The van der Waals surface area contributed by atoms with Crippen LogP contribution in [0.25, 0.3) is 0 Å². The highest BCUT2D eigenvalue weighted by atomic mass is 35.5. The van der Waals surface area contributed by atoms with Crippen molar-refractivity contribution in [2.45, 2.75) is 31.8 Å². The van der Waals surface area contributed by atoms with E-state index >= 15 is 0 Å². The predicted molar refractivity (Wildman–Crippen MR) is 139 cm³/mol. The summed E-state index contributed by atoms with van der Waals surface area (Å²) < 4.78 is 12.0. The van der Waals surface area contributed by atoms with E-state index in [1.54, 1.807) is 42.5 Å². The maximum absolute atomic E-state index is 13.2. The zero-order valence-electron chi connectivity index (χ0n) is 19.9. The second-order valence-electron chi connectivity index (χ2n) is 9.07. The van der Waals surface area contributed by atoms with Gasteiger partial charge in [0.25, 0.3) is 5.91 Å². The predicted octanol–water partition coefficient (Wildman–Crippen LogP) is 5.93. The molecule has 3 aromatic rings. The van der Waals surface area contributed by atoms with Gasteiger partial charge in [0.15, 0.2) is 0 Å². The summed E-state index contributed by atoms with van der Waals surface area (Å²) in [5.41, 5.74) is 1.95. The van der Waals surface area contributed by atoms with Gasteiger partial charge in [0, 0.05) is 22.0 Å². The van der Waals surface area contributed by atoms with Crippen LogP contribution in [-0.2, 0) is 17.6 Å². The average Bonchev–Trinajstić information content (AvgIpc) is 2.85. The Labute approximate surface area is 220 Å². The number of rotatable bonds is 9. The molecule has 0 aromatic heterocycles. The van der Waals surface area contributed by atoms with E-state index in [1.807, 2.05) is 24.3 Å². The van der Waals surface area contributed by atoms with Crippen LogP contribution in [0, 0.1) is 0 Å². The van der Waals surface area contributed by atoms with Crippen LogP contribution in [0.4, 0.5) is 0 Å². The minimum absolute atomic E-state index is 0.122. The summed E-state index contributed by atoms with van der Waals surface area (Å²) in [6.45, 7) is 1.91. The summed E-state index contributed by atoms with van der Waals surface area (Å²) in [6, 6.07) is 19.8. The largest absolute Gasteiger partial charge is 0.492 e. The van der Waals surface area contributed by atoms with Crippen LogP contribution >= 0.6 is 23.2 Å². The molecular weight excluding hydrogens is 501 g/mol. The van der Waals surface area contributed by atoms with Gasteiger partial charge in [-0.3, -0.25) is 9.59 Å². The Morgan fingerprint density at radius 2 is 1.83 bits per heavy atom. The van der Waals surface area contributed by atoms with Crippen LogP contribution < -0.4 is 9.47 Å². The van der Waals surface area contributed by atoms with Crippen molar-refractivity contribution in [3.05, 3.63) is 93.5 Å². The molecule has 4 rings (SSSR count). The maximum atomic E-state index is 13.2. The van der Waals surface area contributed by atoms with E-state index in [1.165, 1.54) is 4.90 Å². The molecule has 36 heavy (non-hydrogen) atoms. The van der Waals surface area contributed by atoms with Crippen LogP contribution in [0.5, 0.6) is 11.5 Å². The number of hydrogen-bond acceptors (Lipinski definition) is 4. The van der Waals surface area contributed by atoms with Gasteiger partial charge in [0.1, 0.15) is 30.3 Å². The summed E-state index contributed by atoms with van der Waals surface area (Å²) in [5, 5.41) is 10.6. The minimum Gasteiger partial charge on any atom is -0.492 e. The molecule has 8 heteroatoms. The van der Waals surface area contributed by atoms with Crippen LogP contribution in [0.1, 0.15) is 34.8 Å². The molecule has 6 nitrogen and oxygen atoms in total. The summed E-state index contributed by atoms with van der Waals surface area (Å²) >= 11 is 12.2. The van der Waals surface area contributed by atoms with E-state index in [4.69, 9.17) is 32.7 Å². The standard InChI is InChI=1S/C28H27Cl2NO5/c1-28(17-21-4-2-3-5-24(21)30)13-12-19-16-20(6-11-25(19)36-28)27(34)31(18-26(32)33)14-15-35-23-9-7-22(29)8-10-23/h2-11,16H,12-15,17-18H2,1H3,(H,32,33)/t28-/m0/s1. The van der Waals surface area contributed by atoms with Gasteiger partial charge < -0.3 is 19.5 Å². The number of carboxylic acids is 1. The van der Waals surface area contributed by atoms with E-state index < -0.39 is 18.1 Å². The number of nitrogens with zero attached hydrogens (tertiary/aromatic N) is 1. The van der Waals surface area contributed by atoms with Gasteiger partial charge in [-0.2, -0.15) is 0 Å². The number of ether oxygens (including phenoxy) is 2. The second-order valence-corrected chi connectivity index (χ2v) is 9.91. The normalized spacial score (nSPS) is 16.5. The van der Waals surface area contributed by atoms with Crippen molar-refractivity contribution < 1.29 is 24.2 Å². The smallest absolute Gasteiger partial charge is 0.323 e. The van der Waals surface area contributed by atoms with E-state index in [2.05, 4.69) is 6.92 Å². The monoisotopic (exact) mass is 527 g/mol. The molecule has 0 saturated heterocycles. The molecule has 1 heterocycles. The Hall–Kier alpha value is -3.22. The lowest BCUT2D eigenvalue weighted by molar-refractivity contribution is -0.137. The van der Waals surface area contributed by atoms with Crippen molar-refractivity contribution in [2.24, 2.45) is 0 Å². The molecule has 1 aliphatic heterocycles. The highest BCUT2D eigenvalue weighted by molar-refractivity contribution is 6.31. The Morgan fingerprint density at radius 1 is 1.08 bits per heavy atom. The summed E-state index contributed by atoms with van der Waals surface area (Å²) in [4.78, 5) is 25.9. The molecule has 0 saturated carbocycles. The summed E-state index contributed by atoms with van der Waals surface area (Å²) in [6.07, 6.45) is 2.17. The van der Waals surface area contributed by atoms with E-state index in [-0.39, 0.29) is 19.1 Å². The van der Waals surface area contributed by atoms with E-state index in [0.29, 0.717) is 27.8 Å². The van der Waals surface area contributed by atoms with Crippen molar-refractivity contribution >= 4 is 35.1 Å². The zero-order valence-corrected chi connectivity index (χ0v) is 21.4. The van der Waals surface area contributed by atoms with Gasteiger partial charge >= 0.3 is 5.97 Å². The quantitative estimate of drug-likeness (QED) is 0.373. The molecule has 0 radical (unpaired) electrons. The summed E-state index contributed by atoms with van der Waals surface area (Å²) in [5.74, 6) is -0.146. The SMILES string of the molecule is C[C@@]1(Cc2ccccc2Cl)CCc2cc(C(=O)N(CCOc3ccc(Cl)cc3)CC(=O)O)ccc2O1. The lowest BCUT2D eigenvalue weighted by Crippen LogP contribution is -2.39. The van der Waals surface area contributed by atoms with Crippen LogP contribution in [0.2, 0.25) is 10.0 Å². The number of aryl methyl sites for hydroxylation is 1. The van der Waals surface area contributed by atoms with E-state index in [0.717, 1.165) is 29.7 Å². The molecule has 3 aromatic carbocycles. The van der Waals surface area contributed by atoms with E-state index in [9.17, 15) is 14.7 Å². The number of aliphatic carboxylic acids is 1. The zero-order chi connectivity index (χ0) is 25.7. The van der Waals surface area contributed by atoms with Crippen molar-refractivity contribution in [3.8, 4) is 11.5 Å². The Bertz CT molecular complexity index is 1250. The first-order valence-electron chi connectivity index (χ1n) is 11.7. The van der Waals surface area contributed by atoms with Gasteiger partial charge in [0.2, 0.25) is 0 Å². The maximum Gasteiger partial charge on any atom is 0.323 e. The fourth-order valence-electron chi connectivity index (χ4n) is 4.29. The van der Waals surface area contributed by atoms with Gasteiger partial charge in [-0.1, -0.05) is 41.4 Å². The third-order valence-corrected chi connectivity index (χ3v) is 6.79. The molecule has 1 atom stereocenters. The third-order valence-electron chi connectivity index (χ3n) is 6.17. The first-order chi connectivity index (χ1) is 17.2. The number of amides is 1. The molecule has 0 spiro atoms. The topological polar surface area (TPSA) is 76.1 Å². The lowest BCUT2D eigenvalue weighted by atomic mass is 9.86. The Kier molecular flexibility index (Phi) is 8.07. The molecule has 0 unspecified atom stereocenters. The molecule has 1 amide bonds. The molecule has 1 N–H and O–H groups in total. The van der Waals surface area contributed by atoms with Gasteiger partial charge in [-0.15, -0.1) is 0 Å². The van der Waals surface area contributed by atoms with Crippen molar-refractivity contribution in [1.29, 1.82) is 0 Å². The summed E-state index contributed by atoms with van der Waals surface area (Å²) in [7, 11) is 0. The molecular formula is C28H27Cl2NO5. The van der Waals surface area contributed by atoms with Crippen molar-refractivity contribution in [1.82, 2.24) is 4.90 Å². The van der Waals surface area contributed by atoms with Crippen molar-refractivity contribution in [3.63, 3.8) is 0 Å².